The van der Waals surface area contributed by atoms with Crippen molar-refractivity contribution in [3.63, 3.8) is 0 Å². The predicted molar refractivity (Wildman–Crippen MR) is 117 cm³/mol. The SMILES string of the molecule is CCOCCOc1cc(C[C@@H](C[C@H](N)[C@@H](O)C[C@@H](C)C(=O)O)C(C)C)ccc1OC. The van der Waals surface area contributed by atoms with Crippen molar-refractivity contribution < 1.29 is 29.2 Å². The molecule has 0 aliphatic rings. The highest BCUT2D eigenvalue weighted by Crippen LogP contribution is 2.31. The fourth-order valence-electron chi connectivity index (χ4n) is 3.35. The minimum atomic E-state index is -0.920. The zero-order valence-corrected chi connectivity index (χ0v) is 19.0. The minimum Gasteiger partial charge on any atom is -0.493 e. The lowest BCUT2D eigenvalue weighted by Crippen LogP contribution is -2.39. The molecular formula is C23H39NO6. The van der Waals surface area contributed by atoms with Crippen molar-refractivity contribution in [1.29, 1.82) is 0 Å². The quantitative estimate of drug-likeness (QED) is 0.370. The van der Waals surface area contributed by atoms with Crippen LogP contribution in [0.3, 0.4) is 0 Å². The second-order valence-electron chi connectivity index (χ2n) is 8.18. The number of hydrogen-bond acceptors (Lipinski definition) is 6. The molecule has 0 unspecified atom stereocenters. The fourth-order valence-corrected chi connectivity index (χ4v) is 3.35. The third kappa shape index (κ3) is 8.90. The molecule has 4 N–H and O–H groups in total. The molecular weight excluding hydrogens is 386 g/mol. The van der Waals surface area contributed by atoms with Gasteiger partial charge in [-0.15, -0.1) is 0 Å². The third-order valence-electron chi connectivity index (χ3n) is 5.44. The van der Waals surface area contributed by atoms with Crippen LogP contribution >= 0.6 is 0 Å². The smallest absolute Gasteiger partial charge is 0.306 e. The molecule has 1 aromatic rings. The number of ether oxygens (including phenoxy) is 3. The summed E-state index contributed by atoms with van der Waals surface area (Å²) in [5.74, 6) is 0.394. The Labute approximate surface area is 180 Å². The van der Waals surface area contributed by atoms with Crippen molar-refractivity contribution in [2.45, 2.75) is 59.1 Å². The Morgan fingerprint density at radius 2 is 1.83 bits per heavy atom. The molecule has 1 aromatic carbocycles. The van der Waals surface area contributed by atoms with Gasteiger partial charge in [0.15, 0.2) is 11.5 Å². The molecule has 0 spiro atoms. The van der Waals surface area contributed by atoms with Gasteiger partial charge in [-0.2, -0.15) is 0 Å². The topological polar surface area (TPSA) is 111 Å². The van der Waals surface area contributed by atoms with Crippen molar-refractivity contribution in [2.75, 3.05) is 26.9 Å². The molecule has 7 heteroatoms. The standard InChI is InChI=1S/C23H39NO6/c1-6-29-9-10-30-22-13-17(7-8-21(22)28-5)12-18(15(2)3)14-19(24)20(25)11-16(4)23(26)27/h7-8,13,15-16,18-20,25H,6,9-12,14,24H2,1-5H3,(H,26,27)/t16-,18+,19+,20+/m1/s1. The van der Waals surface area contributed by atoms with Crippen molar-refractivity contribution >= 4 is 5.97 Å². The zero-order chi connectivity index (χ0) is 22.7. The van der Waals surface area contributed by atoms with Crippen LogP contribution in [-0.4, -0.2) is 55.3 Å². The summed E-state index contributed by atoms with van der Waals surface area (Å²) < 4.78 is 16.5. The summed E-state index contributed by atoms with van der Waals surface area (Å²) in [6.45, 7) is 9.40. The maximum absolute atomic E-state index is 11.0. The van der Waals surface area contributed by atoms with E-state index in [0.29, 0.717) is 43.7 Å². The fraction of sp³-hybridized carbons (Fsp3) is 0.696. The molecule has 0 saturated carbocycles. The molecule has 0 radical (unpaired) electrons. The summed E-state index contributed by atoms with van der Waals surface area (Å²) >= 11 is 0. The predicted octanol–water partition coefficient (Wildman–Crippen LogP) is 3.11. The Morgan fingerprint density at radius 3 is 2.40 bits per heavy atom. The van der Waals surface area contributed by atoms with E-state index >= 15 is 0 Å². The van der Waals surface area contributed by atoms with Gasteiger partial charge in [-0.3, -0.25) is 4.79 Å². The Morgan fingerprint density at radius 1 is 1.13 bits per heavy atom. The first-order valence-electron chi connectivity index (χ1n) is 10.7. The number of carbonyl (C=O) groups is 1. The molecule has 0 aromatic heterocycles. The molecule has 4 atom stereocenters. The highest BCUT2D eigenvalue weighted by Gasteiger charge is 2.26. The molecule has 0 fully saturated rings. The van der Waals surface area contributed by atoms with E-state index in [1.54, 1.807) is 14.0 Å². The number of rotatable bonds is 15. The van der Waals surface area contributed by atoms with Gasteiger partial charge in [0.05, 0.1) is 25.7 Å². The van der Waals surface area contributed by atoms with E-state index in [1.807, 2.05) is 25.1 Å². The second-order valence-corrected chi connectivity index (χ2v) is 8.18. The number of methoxy groups -OCH3 is 1. The van der Waals surface area contributed by atoms with Crippen LogP contribution in [0.4, 0.5) is 0 Å². The van der Waals surface area contributed by atoms with Crippen LogP contribution in [0.1, 0.15) is 46.1 Å². The number of hydrogen-bond donors (Lipinski definition) is 3. The lowest BCUT2D eigenvalue weighted by molar-refractivity contribution is -0.142. The van der Waals surface area contributed by atoms with Gasteiger partial charge < -0.3 is 30.2 Å². The number of aliphatic hydroxyl groups excluding tert-OH is 1. The highest BCUT2D eigenvalue weighted by molar-refractivity contribution is 5.69. The van der Waals surface area contributed by atoms with Crippen LogP contribution in [0, 0.1) is 17.8 Å². The molecule has 172 valence electrons. The van der Waals surface area contributed by atoms with E-state index in [2.05, 4.69) is 13.8 Å². The van der Waals surface area contributed by atoms with Crippen molar-refractivity contribution in [3.8, 4) is 11.5 Å². The van der Waals surface area contributed by atoms with E-state index in [1.165, 1.54) is 0 Å². The Hall–Kier alpha value is -1.83. The molecule has 0 bridgehead atoms. The van der Waals surface area contributed by atoms with Crippen LogP contribution in [0.2, 0.25) is 0 Å². The van der Waals surface area contributed by atoms with Crippen LogP contribution in [0.25, 0.3) is 0 Å². The Balaban J connectivity index is 2.80. The summed E-state index contributed by atoms with van der Waals surface area (Å²) in [6.07, 6.45) is 0.698. The van der Waals surface area contributed by atoms with Gasteiger partial charge in [0, 0.05) is 12.6 Å². The largest absolute Gasteiger partial charge is 0.493 e. The molecule has 0 aliphatic heterocycles. The summed E-state index contributed by atoms with van der Waals surface area (Å²) in [5.41, 5.74) is 7.32. The van der Waals surface area contributed by atoms with Gasteiger partial charge in [0.25, 0.3) is 0 Å². The van der Waals surface area contributed by atoms with Gasteiger partial charge >= 0.3 is 5.97 Å². The lowest BCUT2D eigenvalue weighted by Gasteiger charge is -2.28. The monoisotopic (exact) mass is 425 g/mol. The van der Waals surface area contributed by atoms with E-state index < -0.39 is 24.0 Å². The lowest BCUT2D eigenvalue weighted by atomic mass is 9.82. The third-order valence-corrected chi connectivity index (χ3v) is 5.44. The van der Waals surface area contributed by atoms with Gasteiger partial charge in [-0.05, 0) is 55.7 Å². The summed E-state index contributed by atoms with van der Waals surface area (Å²) in [5, 5.41) is 19.4. The Kier molecular flexibility index (Phi) is 11.8. The van der Waals surface area contributed by atoms with Gasteiger partial charge in [-0.25, -0.2) is 0 Å². The van der Waals surface area contributed by atoms with E-state index in [4.69, 9.17) is 25.1 Å². The van der Waals surface area contributed by atoms with Crippen LogP contribution in [-0.2, 0) is 16.0 Å². The molecule has 0 aliphatic carbocycles. The van der Waals surface area contributed by atoms with E-state index in [-0.39, 0.29) is 12.3 Å². The van der Waals surface area contributed by atoms with E-state index in [0.717, 1.165) is 12.0 Å². The average Bonchev–Trinajstić information content (AvgIpc) is 2.70. The first-order chi connectivity index (χ1) is 14.2. The van der Waals surface area contributed by atoms with Gasteiger partial charge in [-0.1, -0.05) is 26.8 Å². The number of carboxylic acid groups (broad SMARTS) is 1. The molecule has 0 amide bonds. The summed E-state index contributed by atoms with van der Waals surface area (Å²) in [7, 11) is 1.61. The summed E-state index contributed by atoms with van der Waals surface area (Å²) in [4.78, 5) is 11.0. The van der Waals surface area contributed by atoms with Gasteiger partial charge in [0.1, 0.15) is 6.61 Å². The number of aliphatic hydroxyl groups is 1. The van der Waals surface area contributed by atoms with Gasteiger partial charge in [0.2, 0.25) is 0 Å². The van der Waals surface area contributed by atoms with Crippen LogP contribution in [0.5, 0.6) is 11.5 Å². The first-order valence-corrected chi connectivity index (χ1v) is 10.7. The molecule has 1 rings (SSSR count). The van der Waals surface area contributed by atoms with Crippen molar-refractivity contribution in [1.82, 2.24) is 0 Å². The number of benzene rings is 1. The maximum atomic E-state index is 11.0. The average molecular weight is 426 g/mol. The summed E-state index contributed by atoms with van der Waals surface area (Å²) in [6, 6.07) is 5.41. The van der Waals surface area contributed by atoms with Crippen molar-refractivity contribution in [3.05, 3.63) is 23.8 Å². The molecule has 30 heavy (non-hydrogen) atoms. The van der Waals surface area contributed by atoms with Crippen molar-refractivity contribution in [2.24, 2.45) is 23.5 Å². The highest BCUT2D eigenvalue weighted by atomic mass is 16.5. The van der Waals surface area contributed by atoms with Crippen LogP contribution in [0.15, 0.2) is 18.2 Å². The van der Waals surface area contributed by atoms with E-state index in [9.17, 15) is 9.90 Å². The molecule has 0 saturated heterocycles. The molecule has 0 heterocycles. The number of carboxylic acids is 1. The normalized spacial score (nSPS) is 15.5. The number of nitrogens with two attached hydrogens (primary N) is 1. The second kappa shape index (κ2) is 13.5. The first kappa shape index (κ1) is 26.2. The zero-order valence-electron chi connectivity index (χ0n) is 19.0. The van der Waals surface area contributed by atoms with Crippen LogP contribution < -0.4 is 15.2 Å². The maximum Gasteiger partial charge on any atom is 0.306 e. The molecule has 7 nitrogen and oxygen atoms in total. The Bertz CT molecular complexity index is 636. The minimum absolute atomic E-state index is 0.154. The number of aliphatic carboxylic acids is 1.